The average molecular weight is 328 g/mol. The van der Waals surface area contributed by atoms with Gasteiger partial charge in [0.1, 0.15) is 0 Å². The van der Waals surface area contributed by atoms with Crippen molar-refractivity contribution in [3.8, 4) is 11.3 Å². The minimum atomic E-state index is -0.836. The van der Waals surface area contributed by atoms with Crippen LogP contribution in [-0.2, 0) is 11.2 Å². The molecule has 1 heterocycles. The van der Waals surface area contributed by atoms with Crippen LogP contribution < -0.4 is 0 Å². The molecule has 0 fully saturated rings. The highest BCUT2D eigenvalue weighted by Crippen LogP contribution is 2.27. The molecule has 0 amide bonds. The van der Waals surface area contributed by atoms with Crippen molar-refractivity contribution in [2.75, 3.05) is 0 Å². The molecule has 0 bridgehead atoms. The zero-order chi connectivity index (χ0) is 17.4. The average Bonchev–Trinajstić information content (AvgIpc) is 3.07. The first-order valence-electron chi connectivity index (χ1n) is 8.98. The summed E-state index contributed by atoms with van der Waals surface area (Å²) < 4.78 is 0. The van der Waals surface area contributed by atoms with Gasteiger partial charge in [0.2, 0.25) is 0 Å². The predicted molar refractivity (Wildman–Crippen MR) is 97.2 cm³/mol. The molecule has 2 N–H and O–H groups in total. The summed E-state index contributed by atoms with van der Waals surface area (Å²) in [6.45, 7) is 3.92. The fraction of sp³-hybridized carbons (Fsp3) is 0.500. The summed E-state index contributed by atoms with van der Waals surface area (Å²) in [7, 11) is 0. The number of hydrogen-bond donors (Lipinski definition) is 2. The first kappa shape index (κ1) is 18.2. The number of hydrogen-bond acceptors (Lipinski definition) is 2. The molecular formula is C20H28N2O2. The van der Waals surface area contributed by atoms with Gasteiger partial charge >= 0.3 is 5.97 Å². The number of carboxylic acid groups (broad SMARTS) is 1. The quantitative estimate of drug-likeness (QED) is 0.591. The van der Waals surface area contributed by atoms with Crippen LogP contribution in [0.5, 0.6) is 0 Å². The summed E-state index contributed by atoms with van der Waals surface area (Å²) in [5.41, 5.74) is 3.85. The summed E-state index contributed by atoms with van der Waals surface area (Å²) >= 11 is 0. The number of carbonyl (C=O) groups is 1. The van der Waals surface area contributed by atoms with E-state index >= 15 is 0 Å². The zero-order valence-corrected chi connectivity index (χ0v) is 14.7. The molecule has 0 saturated heterocycles. The Hall–Kier alpha value is -2.10. The first-order valence-corrected chi connectivity index (χ1v) is 8.98. The first-order chi connectivity index (χ1) is 11.6. The number of carboxylic acids is 1. The molecule has 24 heavy (non-hydrogen) atoms. The van der Waals surface area contributed by atoms with Crippen molar-refractivity contribution < 1.29 is 9.90 Å². The van der Waals surface area contributed by atoms with Gasteiger partial charge in [-0.15, -0.1) is 0 Å². The molecular weight excluding hydrogens is 300 g/mol. The Kier molecular flexibility index (Phi) is 7.04. The van der Waals surface area contributed by atoms with E-state index in [4.69, 9.17) is 0 Å². The number of unbranched alkanes of at least 4 members (excludes halogenated alkanes) is 5. The molecule has 1 aromatic carbocycles. The van der Waals surface area contributed by atoms with E-state index in [2.05, 4.69) is 41.4 Å². The topological polar surface area (TPSA) is 66.0 Å². The molecule has 0 aliphatic carbocycles. The molecule has 1 atom stereocenters. The number of nitrogens with zero attached hydrogens (tertiary/aromatic N) is 1. The van der Waals surface area contributed by atoms with Gasteiger partial charge in [-0.05, 0) is 30.9 Å². The van der Waals surface area contributed by atoms with Gasteiger partial charge in [-0.25, -0.2) is 0 Å². The van der Waals surface area contributed by atoms with Crippen LogP contribution in [0.4, 0.5) is 0 Å². The molecule has 2 aromatic rings. The Labute approximate surface area is 144 Å². The second-order valence-corrected chi connectivity index (χ2v) is 6.47. The molecule has 4 nitrogen and oxygen atoms in total. The molecule has 1 unspecified atom stereocenters. The smallest absolute Gasteiger partial charge is 0.310 e. The van der Waals surface area contributed by atoms with Crippen molar-refractivity contribution in [3.05, 3.63) is 41.6 Å². The molecule has 4 heteroatoms. The number of aryl methyl sites for hydroxylation is 1. The Morgan fingerprint density at radius 3 is 2.46 bits per heavy atom. The lowest BCUT2D eigenvalue weighted by molar-refractivity contribution is -0.138. The minimum Gasteiger partial charge on any atom is -0.481 e. The largest absolute Gasteiger partial charge is 0.481 e. The second kappa shape index (κ2) is 9.26. The molecule has 0 radical (unpaired) electrons. The summed E-state index contributed by atoms with van der Waals surface area (Å²) in [5, 5.41) is 16.2. The molecule has 0 aliphatic rings. The van der Waals surface area contributed by atoms with Gasteiger partial charge in [0.15, 0.2) is 0 Å². The summed E-state index contributed by atoms with van der Waals surface area (Å²) in [4.78, 5) is 11.2. The Bertz CT molecular complexity index is 631. The maximum Gasteiger partial charge on any atom is 0.310 e. The van der Waals surface area contributed by atoms with E-state index < -0.39 is 11.9 Å². The van der Waals surface area contributed by atoms with Crippen molar-refractivity contribution in [2.45, 2.75) is 64.7 Å². The lowest BCUT2D eigenvalue weighted by Gasteiger charge is -2.08. The van der Waals surface area contributed by atoms with E-state index in [0.717, 1.165) is 23.2 Å². The van der Waals surface area contributed by atoms with Gasteiger partial charge in [-0.3, -0.25) is 9.89 Å². The number of aliphatic carboxylic acids is 1. The van der Waals surface area contributed by atoms with E-state index in [-0.39, 0.29) is 0 Å². The standard InChI is InChI=1S/C20H28N2O2/c1-3-4-5-6-7-8-9-16-10-12-17(13-11-16)19-18(14-21-22-19)15(2)20(23)24/h10-15H,3-9H2,1-2H3,(H,21,22)(H,23,24). The van der Waals surface area contributed by atoms with Crippen LogP contribution in [0.25, 0.3) is 11.3 Å². The monoisotopic (exact) mass is 328 g/mol. The van der Waals surface area contributed by atoms with Crippen LogP contribution in [0.1, 0.15) is 69.4 Å². The highest BCUT2D eigenvalue weighted by Gasteiger charge is 2.19. The maximum atomic E-state index is 11.2. The summed E-state index contributed by atoms with van der Waals surface area (Å²) in [6, 6.07) is 8.38. The molecule has 2 rings (SSSR count). The van der Waals surface area contributed by atoms with Crippen LogP contribution in [0.3, 0.4) is 0 Å². The van der Waals surface area contributed by atoms with E-state index in [9.17, 15) is 9.90 Å². The number of rotatable bonds is 10. The third-order valence-electron chi connectivity index (χ3n) is 4.57. The van der Waals surface area contributed by atoms with Crippen molar-refractivity contribution >= 4 is 5.97 Å². The van der Waals surface area contributed by atoms with Gasteiger partial charge in [0.05, 0.1) is 17.8 Å². The van der Waals surface area contributed by atoms with Crippen LogP contribution >= 0.6 is 0 Å². The van der Waals surface area contributed by atoms with Gasteiger partial charge in [-0.2, -0.15) is 5.10 Å². The number of H-pyrrole nitrogens is 1. The van der Waals surface area contributed by atoms with Crippen molar-refractivity contribution in [3.63, 3.8) is 0 Å². The summed E-state index contributed by atoms with van der Waals surface area (Å²) in [5.74, 6) is -1.40. The molecule has 0 aliphatic heterocycles. The van der Waals surface area contributed by atoms with Crippen LogP contribution in [0.2, 0.25) is 0 Å². The fourth-order valence-electron chi connectivity index (χ4n) is 2.94. The summed E-state index contributed by atoms with van der Waals surface area (Å²) in [6.07, 6.45) is 10.5. The molecule has 0 saturated carbocycles. The van der Waals surface area contributed by atoms with E-state index in [0.29, 0.717) is 0 Å². The highest BCUT2D eigenvalue weighted by molar-refractivity contribution is 5.79. The zero-order valence-electron chi connectivity index (χ0n) is 14.7. The van der Waals surface area contributed by atoms with Crippen LogP contribution in [-0.4, -0.2) is 21.3 Å². The Morgan fingerprint density at radius 2 is 1.79 bits per heavy atom. The molecule has 130 valence electrons. The van der Waals surface area contributed by atoms with Gasteiger partial charge in [0.25, 0.3) is 0 Å². The lowest BCUT2D eigenvalue weighted by atomic mass is 9.97. The van der Waals surface area contributed by atoms with Crippen LogP contribution in [0.15, 0.2) is 30.5 Å². The minimum absolute atomic E-state index is 0.568. The van der Waals surface area contributed by atoms with E-state index in [1.54, 1.807) is 13.1 Å². The lowest BCUT2D eigenvalue weighted by Crippen LogP contribution is -2.07. The van der Waals surface area contributed by atoms with E-state index in [1.165, 1.54) is 44.1 Å². The predicted octanol–water partition coefficient (Wildman–Crippen LogP) is 5.17. The van der Waals surface area contributed by atoms with Crippen molar-refractivity contribution in [1.82, 2.24) is 10.2 Å². The maximum absolute atomic E-state index is 11.2. The van der Waals surface area contributed by atoms with Crippen molar-refractivity contribution in [1.29, 1.82) is 0 Å². The van der Waals surface area contributed by atoms with E-state index in [1.807, 2.05) is 0 Å². The third-order valence-corrected chi connectivity index (χ3v) is 4.57. The SMILES string of the molecule is CCCCCCCCc1ccc(-c2[nH]ncc2C(C)C(=O)O)cc1. The molecule has 0 spiro atoms. The number of nitrogens with one attached hydrogen (secondary N) is 1. The van der Waals surface area contributed by atoms with Gasteiger partial charge in [0, 0.05) is 5.56 Å². The number of aromatic amines is 1. The number of benzene rings is 1. The second-order valence-electron chi connectivity index (χ2n) is 6.47. The van der Waals surface area contributed by atoms with Gasteiger partial charge < -0.3 is 5.11 Å². The Balaban J connectivity index is 1.93. The normalized spacial score (nSPS) is 12.2. The Morgan fingerprint density at radius 1 is 1.12 bits per heavy atom. The highest BCUT2D eigenvalue weighted by atomic mass is 16.4. The van der Waals surface area contributed by atoms with Crippen LogP contribution in [0, 0.1) is 0 Å². The fourth-order valence-corrected chi connectivity index (χ4v) is 2.94. The number of aromatic nitrogens is 2. The third kappa shape index (κ3) is 4.95. The van der Waals surface area contributed by atoms with Gasteiger partial charge in [-0.1, -0.05) is 63.3 Å². The van der Waals surface area contributed by atoms with Crippen molar-refractivity contribution in [2.24, 2.45) is 0 Å². The molecule has 1 aromatic heterocycles.